The standard InChI is InChI=1S/C32H56N8.2ClHO3S.Zn/c1-2-10-18-17(9-1)25-33-26(18)38-28-21-13-5-6-14-22(21)30(35-28)40-32-24-16-8-7-15-23(24)31(36-32)39-29-20-12-4-3-11-19(20)27(34-29)37-25;2*1-5(2,3)4;/h17-40H,1-16H2;2*(H,2,3,4);/q;;;+2/p-2. The summed E-state index contributed by atoms with van der Waals surface area (Å²) in [4.78, 5) is 0. The van der Waals surface area contributed by atoms with Crippen LogP contribution in [0.3, 0.4) is 0 Å². The molecule has 4 aliphatic carbocycles. The smallest absolute Gasteiger partial charge is 0.735 e. The first-order valence-corrected chi connectivity index (χ1v) is 23.7. The van der Waals surface area contributed by atoms with E-state index in [0.717, 1.165) is 47.3 Å². The molecule has 8 bridgehead atoms. The third-order valence-corrected chi connectivity index (χ3v) is 13.8. The summed E-state index contributed by atoms with van der Waals surface area (Å²) in [5.41, 5.74) is 0. The predicted octanol–water partition coefficient (Wildman–Crippen LogP) is 1.97. The van der Waals surface area contributed by atoms with E-state index in [1.807, 2.05) is 0 Å². The minimum absolute atomic E-state index is 0. The molecule has 288 valence electrons. The fourth-order valence-electron chi connectivity index (χ4n) is 12.0. The normalized spacial score (nSPS) is 47.5. The van der Waals surface area contributed by atoms with Gasteiger partial charge in [-0.2, -0.15) is 0 Å². The van der Waals surface area contributed by atoms with E-state index in [2.05, 4.69) is 63.9 Å². The number of nitrogens with one attached hydrogen (secondary N) is 8. The number of hydrogen-bond acceptors (Lipinski definition) is 14. The zero-order valence-corrected chi connectivity index (χ0v) is 35.4. The third kappa shape index (κ3) is 10.2. The molecule has 9 rings (SSSR count). The monoisotopic (exact) mass is 846 g/mol. The molecule has 5 aliphatic heterocycles. The molecule has 14 nitrogen and oxygen atoms in total. The second-order valence-corrected chi connectivity index (χ2v) is 20.2. The molecule has 0 spiro atoms. The molecule has 5 heterocycles. The van der Waals surface area contributed by atoms with Gasteiger partial charge in [-0.05, 0) is 98.7 Å². The molecule has 0 aromatic rings. The molecule has 0 aromatic carbocycles. The molecular formula is C32H56Cl2N8O6S2Zn. The number of halogens is 2. The van der Waals surface area contributed by atoms with Crippen LogP contribution >= 0.6 is 21.4 Å². The van der Waals surface area contributed by atoms with Crippen molar-refractivity contribution in [3.63, 3.8) is 0 Å². The Hall–Kier alpha value is 0.703. The first-order valence-electron chi connectivity index (χ1n) is 19.2. The summed E-state index contributed by atoms with van der Waals surface area (Å²) in [7, 11) is -0.995. The van der Waals surface area contributed by atoms with Crippen molar-refractivity contribution in [1.29, 1.82) is 0 Å². The van der Waals surface area contributed by atoms with Crippen molar-refractivity contribution < 1.29 is 45.4 Å². The molecule has 5 saturated heterocycles. The van der Waals surface area contributed by atoms with Crippen LogP contribution in [0, 0.1) is 47.3 Å². The summed E-state index contributed by atoms with van der Waals surface area (Å²) >= 11 is 0. The zero-order valence-electron chi connectivity index (χ0n) is 29.3. The van der Waals surface area contributed by atoms with Gasteiger partial charge in [0.25, 0.3) is 0 Å². The molecule has 8 atom stereocenters. The van der Waals surface area contributed by atoms with Gasteiger partial charge in [0, 0.05) is 21.4 Å². The molecule has 8 unspecified atom stereocenters. The van der Waals surface area contributed by atoms with Gasteiger partial charge in [-0.1, -0.05) is 51.4 Å². The van der Waals surface area contributed by atoms with E-state index in [9.17, 15) is 0 Å². The van der Waals surface area contributed by atoms with Gasteiger partial charge in [0.05, 0.1) is 49.3 Å². The zero-order chi connectivity index (χ0) is 35.2. The van der Waals surface area contributed by atoms with Crippen molar-refractivity contribution in [3.05, 3.63) is 0 Å². The molecule has 0 amide bonds. The Morgan fingerprint density at radius 2 is 0.431 bits per heavy atom. The Kier molecular flexibility index (Phi) is 14.2. The third-order valence-electron chi connectivity index (χ3n) is 13.8. The van der Waals surface area contributed by atoms with Crippen LogP contribution in [0.4, 0.5) is 0 Å². The average Bonchev–Trinajstić information content (AvgIpc) is 3.79. The Bertz CT molecular complexity index is 1140. The van der Waals surface area contributed by atoms with Crippen LogP contribution in [0.1, 0.15) is 103 Å². The van der Waals surface area contributed by atoms with E-state index in [0.29, 0.717) is 49.3 Å². The second kappa shape index (κ2) is 17.5. The van der Waals surface area contributed by atoms with Gasteiger partial charge < -0.3 is 9.11 Å². The van der Waals surface area contributed by atoms with Crippen molar-refractivity contribution in [2.24, 2.45) is 47.3 Å². The summed E-state index contributed by atoms with van der Waals surface area (Å²) in [5, 5.41) is 33.8. The molecule has 0 aromatic heterocycles. The quantitative estimate of drug-likeness (QED) is 0.0997. The Balaban J connectivity index is 0.000000363. The fraction of sp³-hybridized carbons (Fsp3) is 1.00. The Morgan fingerprint density at radius 3 is 0.529 bits per heavy atom. The van der Waals surface area contributed by atoms with E-state index >= 15 is 0 Å². The molecule has 9 fully saturated rings. The van der Waals surface area contributed by atoms with Gasteiger partial charge >= 0.3 is 19.5 Å². The summed E-state index contributed by atoms with van der Waals surface area (Å²) in [6.45, 7) is 0. The van der Waals surface area contributed by atoms with Gasteiger partial charge in [-0.3, -0.25) is 42.5 Å². The molecule has 8 N–H and O–H groups in total. The molecule has 19 heteroatoms. The van der Waals surface area contributed by atoms with Crippen molar-refractivity contribution in [2.75, 3.05) is 0 Å². The summed E-state index contributed by atoms with van der Waals surface area (Å²) in [5.74, 6) is 5.97. The topological polar surface area (TPSA) is 211 Å². The molecular weight excluding hydrogens is 793 g/mol. The average molecular weight is 849 g/mol. The first-order chi connectivity index (χ1) is 23.8. The number of hydrogen-bond donors (Lipinski definition) is 8. The van der Waals surface area contributed by atoms with Crippen LogP contribution in [0.15, 0.2) is 0 Å². The van der Waals surface area contributed by atoms with Crippen LogP contribution in [-0.2, 0) is 38.1 Å². The first kappa shape index (κ1) is 41.3. The van der Waals surface area contributed by atoms with Crippen LogP contribution in [0.2, 0.25) is 0 Å². The van der Waals surface area contributed by atoms with Gasteiger partial charge in [0.15, 0.2) is 18.7 Å². The van der Waals surface area contributed by atoms with Gasteiger partial charge in [-0.15, -0.1) is 0 Å². The summed E-state index contributed by atoms with van der Waals surface area (Å²) in [6.07, 6.45) is 25.6. The molecule has 4 saturated carbocycles. The SMILES string of the molecule is C1CCC2C3NC(NC4NC(NC5NC(NC6NC(N3)C3CCCCC63)C3CCCCC53)C3CCCCC43)C2C1.O=S(=O)([O-])Cl.O=S(=O)([O-])Cl.[Zn+2]. The maximum atomic E-state index is 8.84. The van der Waals surface area contributed by atoms with E-state index in [4.69, 9.17) is 25.9 Å². The van der Waals surface area contributed by atoms with Crippen LogP contribution < -0.4 is 42.5 Å². The number of fused-ring (bicyclic) bond motifs is 20. The van der Waals surface area contributed by atoms with E-state index in [1.165, 1.54) is 103 Å². The second-order valence-electron chi connectivity index (χ2n) is 16.4. The maximum Gasteiger partial charge on any atom is 2.00 e. The summed E-state index contributed by atoms with van der Waals surface area (Å²) in [6, 6.07) is 0. The van der Waals surface area contributed by atoms with E-state index in [-0.39, 0.29) is 19.5 Å². The van der Waals surface area contributed by atoms with E-state index < -0.39 is 18.7 Å². The minimum atomic E-state index is -4.44. The van der Waals surface area contributed by atoms with E-state index in [1.54, 1.807) is 0 Å². The van der Waals surface area contributed by atoms with Crippen molar-refractivity contribution in [2.45, 2.75) is 152 Å². The van der Waals surface area contributed by atoms with Crippen molar-refractivity contribution in [1.82, 2.24) is 42.5 Å². The largest absolute Gasteiger partial charge is 2.00 e. The van der Waals surface area contributed by atoms with Gasteiger partial charge in [0.1, 0.15) is 0 Å². The Labute approximate surface area is 325 Å². The molecule has 0 radical (unpaired) electrons. The fourth-order valence-corrected chi connectivity index (χ4v) is 12.0. The minimum Gasteiger partial charge on any atom is -0.735 e. The van der Waals surface area contributed by atoms with Gasteiger partial charge in [-0.25, -0.2) is 16.8 Å². The van der Waals surface area contributed by atoms with Crippen molar-refractivity contribution in [3.8, 4) is 0 Å². The van der Waals surface area contributed by atoms with Crippen molar-refractivity contribution >= 4 is 40.0 Å². The maximum absolute atomic E-state index is 8.84. The van der Waals surface area contributed by atoms with Crippen LogP contribution in [-0.4, -0.2) is 75.3 Å². The van der Waals surface area contributed by atoms with Gasteiger partial charge in [0.2, 0.25) is 0 Å². The molecule has 9 aliphatic rings. The predicted molar refractivity (Wildman–Crippen MR) is 188 cm³/mol. The molecule has 51 heavy (non-hydrogen) atoms. The number of rotatable bonds is 0. The Morgan fingerprint density at radius 1 is 0.333 bits per heavy atom. The van der Waals surface area contributed by atoms with Crippen LogP contribution in [0.5, 0.6) is 0 Å². The van der Waals surface area contributed by atoms with Crippen LogP contribution in [0.25, 0.3) is 0 Å². The summed E-state index contributed by atoms with van der Waals surface area (Å²) < 4.78 is 53.1.